The molecule has 0 radical (unpaired) electrons. The number of amides is 1. The van der Waals surface area contributed by atoms with Gasteiger partial charge in [-0.2, -0.15) is 0 Å². The highest BCUT2D eigenvalue weighted by molar-refractivity contribution is 5.79. The molecule has 0 saturated heterocycles. The van der Waals surface area contributed by atoms with Crippen LogP contribution in [0.4, 0.5) is 0 Å². The summed E-state index contributed by atoms with van der Waals surface area (Å²) < 4.78 is 0. The molecule has 98 valence electrons. The summed E-state index contributed by atoms with van der Waals surface area (Å²) in [7, 11) is 0. The average molecular weight is 238 g/mol. The molecular weight excluding hydrogens is 212 g/mol. The third-order valence-electron chi connectivity index (χ3n) is 4.25. The van der Waals surface area contributed by atoms with Gasteiger partial charge >= 0.3 is 0 Å². The van der Waals surface area contributed by atoms with Crippen LogP contribution in [0.5, 0.6) is 0 Å². The summed E-state index contributed by atoms with van der Waals surface area (Å²) in [5, 5.41) is 3.18. The Morgan fingerprint density at radius 2 is 1.65 bits per heavy atom. The summed E-state index contributed by atoms with van der Waals surface area (Å²) >= 11 is 0. The van der Waals surface area contributed by atoms with Gasteiger partial charge in [0.15, 0.2) is 0 Å². The van der Waals surface area contributed by atoms with E-state index in [0.717, 1.165) is 12.8 Å². The molecule has 3 N–H and O–H groups in total. The number of hydrogen-bond donors (Lipinski definition) is 2. The molecule has 0 heterocycles. The quantitative estimate of drug-likeness (QED) is 0.789. The maximum atomic E-state index is 12.2. The maximum Gasteiger partial charge on any atom is 0.223 e. The number of nitrogens with two attached hydrogens (primary N) is 1. The third kappa shape index (κ3) is 3.98. The molecule has 0 aromatic rings. The molecule has 1 amide bonds. The first kappa shape index (κ1) is 12.9. The minimum Gasteiger partial charge on any atom is -0.352 e. The highest BCUT2D eigenvalue weighted by atomic mass is 16.1. The van der Waals surface area contributed by atoms with E-state index < -0.39 is 0 Å². The molecule has 17 heavy (non-hydrogen) atoms. The van der Waals surface area contributed by atoms with Crippen LogP contribution in [0.3, 0.4) is 0 Å². The first-order valence-corrected chi connectivity index (χ1v) is 7.31. The molecule has 0 spiro atoms. The van der Waals surface area contributed by atoms with Crippen LogP contribution in [0.2, 0.25) is 0 Å². The molecule has 2 fully saturated rings. The zero-order valence-corrected chi connectivity index (χ0v) is 10.8. The van der Waals surface area contributed by atoms with E-state index in [4.69, 9.17) is 5.73 Å². The predicted molar refractivity (Wildman–Crippen MR) is 69.5 cm³/mol. The molecule has 0 bridgehead atoms. The minimum absolute atomic E-state index is 0.243. The Morgan fingerprint density at radius 3 is 2.18 bits per heavy atom. The number of carbonyl (C=O) groups excluding carboxylic acids is 1. The summed E-state index contributed by atoms with van der Waals surface area (Å²) in [5.74, 6) is 1.19. The molecule has 2 aliphatic rings. The Bertz CT molecular complexity index is 243. The molecule has 3 nitrogen and oxygen atoms in total. The molecular formula is C14H26N2O. The van der Waals surface area contributed by atoms with Crippen LogP contribution >= 0.6 is 0 Å². The van der Waals surface area contributed by atoms with Crippen molar-refractivity contribution in [2.75, 3.05) is 6.54 Å². The highest BCUT2D eigenvalue weighted by Crippen LogP contribution is 2.32. The van der Waals surface area contributed by atoms with Gasteiger partial charge in [0, 0.05) is 18.5 Å². The molecule has 0 aliphatic heterocycles. The van der Waals surface area contributed by atoms with Crippen molar-refractivity contribution in [2.45, 2.75) is 63.8 Å². The second-order valence-electron chi connectivity index (χ2n) is 5.73. The van der Waals surface area contributed by atoms with Gasteiger partial charge < -0.3 is 11.1 Å². The van der Waals surface area contributed by atoms with Gasteiger partial charge in [-0.15, -0.1) is 0 Å². The van der Waals surface area contributed by atoms with Gasteiger partial charge in [-0.1, -0.05) is 32.1 Å². The van der Waals surface area contributed by atoms with Crippen molar-refractivity contribution in [3.05, 3.63) is 0 Å². The lowest BCUT2D eigenvalue weighted by Gasteiger charge is -2.23. The third-order valence-corrected chi connectivity index (χ3v) is 4.25. The van der Waals surface area contributed by atoms with E-state index in [9.17, 15) is 4.79 Å². The van der Waals surface area contributed by atoms with Gasteiger partial charge in [-0.05, 0) is 31.6 Å². The largest absolute Gasteiger partial charge is 0.352 e. The summed E-state index contributed by atoms with van der Waals surface area (Å²) in [5.41, 5.74) is 5.73. The van der Waals surface area contributed by atoms with Crippen molar-refractivity contribution >= 4 is 5.91 Å². The normalized spacial score (nSPS) is 24.8. The molecule has 2 rings (SSSR count). The molecule has 3 heteroatoms. The number of hydrogen-bond acceptors (Lipinski definition) is 2. The van der Waals surface area contributed by atoms with Gasteiger partial charge in [0.1, 0.15) is 0 Å². The van der Waals surface area contributed by atoms with E-state index >= 15 is 0 Å². The lowest BCUT2D eigenvalue weighted by Crippen LogP contribution is -2.44. The second kappa shape index (κ2) is 6.39. The van der Waals surface area contributed by atoms with Crippen LogP contribution in [0.1, 0.15) is 57.8 Å². The summed E-state index contributed by atoms with van der Waals surface area (Å²) in [4.78, 5) is 12.2. The van der Waals surface area contributed by atoms with E-state index in [2.05, 4.69) is 5.32 Å². The Hall–Kier alpha value is -0.570. The van der Waals surface area contributed by atoms with Crippen molar-refractivity contribution in [2.24, 2.45) is 17.6 Å². The number of carbonyl (C=O) groups is 1. The second-order valence-corrected chi connectivity index (χ2v) is 5.73. The lowest BCUT2D eigenvalue weighted by molar-refractivity contribution is -0.126. The van der Waals surface area contributed by atoms with E-state index in [1.54, 1.807) is 0 Å². The van der Waals surface area contributed by atoms with E-state index in [-0.39, 0.29) is 17.9 Å². The molecule has 1 unspecified atom stereocenters. The zero-order chi connectivity index (χ0) is 12.1. The predicted octanol–water partition coefficient (Wildman–Crippen LogP) is 2.20. The van der Waals surface area contributed by atoms with Gasteiger partial charge in [-0.3, -0.25) is 4.79 Å². The summed E-state index contributed by atoms with van der Waals surface area (Å²) in [6, 6.07) is 0.243. The standard InChI is InChI=1S/C14H26N2O/c15-10-13(11-8-9-11)16-14(17)12-6-4-2-1-3-5-7-12/h11-13H,1-10,15H2,(H,16,17). The van der Waals surface area contributed by atoms with Crippen LogP contribution in [0.25, 0.3) is 0 Å². The van der Waals surface area contributed by atoms with Crippen LogP contribution in [0, 0.1) is 11.8 Å². The fourth-order valence-corrected chi connectivity index (χ4v) is 2.89. The molecule has 0 aromatic carbocycles. The summed E-state index contributed by atoms with van der Waals surface area (Å²) in [6.45, 7) is 0.600. The van der Waals surface area contributed by atoms with Crippen LogP contribution in [-0.2, 0) is 4.79 Å². The smallest absolute Gasteiger partial charge is 0.223 e. The lowest BCUT2D eigenvalue weighted by atomic mass is 9.90. The topological polar surface area (TPSA) is 55.1 Å². The van der Waals surface area contributed by atoms with E-state index in [1.165, 1.54) is 44.9 Å². The Labute approximate surface area is 105 Å². The Balaban J connectivity index is 1.79. The average Bonchev–Trinajstić information content (AvgIpc) is 3.08. The van der Waals surface area contributed by atoms with Gasteiger partial charge in [0.2, 0.25) is 5.91 Å². The molecule has 1 atom stereocenters. The number of nitrogens with one attached hydrogen (secondary N) is 1. The molecule has 2 aliphatic carbocycles. The monoisotopic (exact) mass is 238 g/mol. The Morgan fingerprint density at radius 1 is 1.06 bits per heavy atom. The van der Waals surface area contributed by atoms with Gasteiger partial charge in [-0.25, -0.2) is 0 Å². The van der Waals surface area contributed by atoms with Crippen molar-refractivity contribution in [3.63, 3.8) is 0 Å². The fraction of sp³-hybridized carbons (Fsp3) is 0.929. The van der Waals surface area contributed by atoms with Crippen LogP contribution < -0.4 is 11.1 Å². The maximum absolute atomic E-state index is 12.2. The molecule has 0 aromatic heterocycles. The number of rotatable bonds is 4. The summed E-state index contributed by atoms with van der Waals surface area (Å²) in [6.07, 6.45) is 11.0. The van der Waals surface area contributed by atoms with Crippen LogP contribution in [-0.4, -0.2) is 18.5 Å². The van der Waals surface area contributed by atoms with Crippen molar-refractivity contribution < 1.29 is 4.79 Å². The van der Waals surface area contributed by atoms with Crippen molar-refractivity contribution in [3.8, 4) is 0 Å². The van der Waals surface area contributed by atoms with E-state index in [0.29, 0.717) is 12.5 Å². The van der Waals surface area contributed by atoms with Gasteiger partial charge in [0.25, 0.3) is 0 Å². The zero-order valence-electron chi connectivity index (χ0n) is 10.8. The fourth-order valence-electron chi connectivity index (χ4n) is 2.89. The van der Waals surface area contributed by atoms with Crippen molar-refractivity contribution in [1.29, 1.82) is 0 Å². The Kier molecular flexibility index (Phi) is 4.84. The highest BCUT2D eigenvalue weighted by Gasteiger charge is 2.32. The molecule has 2 saturated carbocycles. The van der Waals surface area contributed by atoms with E-state index in [1.807, 2.05) is 0 Å². The van der Waals surface area contributed by atoms with Crippen LogP contribution in [0.15, 0.2) is 0 Å². The van der Waals surface area contributed by atoms with Gasteiger partial charge in [0.05, 0.1) is 0 Å². The van der Waals surface area contributed by atoms with Crippen molar-refractivity contribution in [1.82, 2.24) is 5.32 Å². The SMILES string of the molecule is NCC(NC(=O)C1CCCCCCC1)C1CC1. The minimum atomic E-state index is 0.243. The first-order chi connectivity index (χ1) is 8.31. The first-order valence-electron chi connectivity index (χ1n) is 7.31.